The average molecular weight is 297 g/mol. The Morgan fingerprint density at radius 3 is 2.55 bits per heavy atom. The number of hydrogen-bond donors (Lipinski definition) is 2. The number of aliphatic hydroxyl groups is 1. The molecule has 110 valence electrons. The van der Waals surface area contributed by atoms with Gasteiger partial charge in [-0.3, -0.25) is 14.5 Å². The molecule has 0 aromatic carbocycles. The normalized spacial score (nSPS) is 18.0. The number of thiophene rings is 1. The van der Waals surface area contributed by atoms with Gasteiger partial charge in [-0.1, -0.05) is 0 Å². The van der Waals surface area contributed by atoms with Crippen LogP contribution in [0.15, 0.2) is 11.4 Å². The molecule has 2 rings (SSSR count). The Morgan fingerprint density at radius 2 is 2.05 bits per heavy atom. The van der Waals surface area contributed by atoms with Crippen LogP contribution >= 0.6 is 11.3 Å². The number of carbonyl (C=O) groups excluding carboxylic acids is 2. The second kappa shape index (κ2) is 6.34. The number of amides is 2. The van der Waals surface area contributed by atoms with Crippen molar-refractivity contribution >= 4 is 23.2 Å². The highest BCUT2D eigenvalue weighted by molar-refractivity contribution is 7.12. The highest BCUT2D eigenvalue weighted by atomic mass is 32.1. The Kier molecular flexibility index (Phi) is 4.74. The fourth-order valence-electron chi connectivity index (χ4n) is 2.24. The zero-order chi connectivity index (χ0) is 14.7. The standard InChI is InChI=1S/C13H19N3O3S/c1-9(17)7-15-2-4-16(5-3-15)13(19)11-6-10(8-20-11)12(14)18/h6,8-9,17H,2-5,7H2,1H3,(H2,14,18)/t9-/m0/s1. The minimum absolute atomic E-state index is 0.0563. The second-order valence-corrected chi connectivity index (χ2v) is 5.92. The van der Waals surface area contributed by atoms with Crippen LogP contribution in [0.3, 0.4) is 0 Å². The van der Waals surface area contributed by atoms with Crippen molar-refractivity contribution in [3.63, 3.8) is 0 Å². The molecule has 0 saturated carbocycles. The quantitative estimate of drug-likeness (QED) is 0.818. The van der Waals surface area contributed by atoms with Crippen LogP contribution in [0.1, 0.15) is 27.0 Å². The van der Waals surface area contributed by atoms with Gasteiger partial charge in [0.2, 0.25) is 5.91 Å². The number of carbonyl (C=O) groups is 2. The van der Waals surface area contributed by atoms with E-state index in [2.05, 4.69) is 4.90 Å². The monoisotopic (exact) mass is 297 g/mol. The number of piperazine rings is 1. The van der Waals surface area contributed by atoms with Crippen molar-refractivity contribution in [2.75, 3.05) is 32.7 Å². The zero-order valence-corrected chi connectivity index (χ0v) is 12.2. The van der Waals surface area contributed by atoms with E-state index in [1.54, 1.807) is 23.3 Å². The van der Waals surface area contributed by atoms with Gasteiger partial charge in [-0.2, -0.15) is 0 Å². The lowest BCUT2D eigenvalue weighted by Crippen LogP contribution is -2.50. The van der Waals surface area contributed by atoms with Gasteiger partial charge in [0.25, 0.3) is 5.91 Å². The number of β-amino-alcohol motifs (C(OH)–C–C–N with tert-alkyl or cyclic N) is 1. The highest BCUT2D eigenvalue weighted by Gasteiger charge is 2.24. The Labute approximate surface area is 121 Å². The zero-order valence-electron chi connectivity index (χ0n) is 11.4. The van der Waals surface area contributed by atoms with Crippen LogP contribution < -0.4 is 5.73 Å². The van der Waals surface area contributed by atoms with Crippen LogP contribution in [0, 0.1) is 0 Å². The van der Waals surface area contributed by atoms with Crippen molar-refractivity contribution in [2.45, 2.75) is 13.0 Å². The summed E-state index contributed by atoms with van der Waals surface area (Å²) >= 11 is 1.25. The summed E-state index contributed by atoms with van der Waals surface area (Å²) in [5.74, 6) is -0.568. The first-order chi connectivity index (χ1) is 9.47. The van der Waals surface area contributed by atoms with E-state index in [1.807, 2.05) is 0 Å². The molecule has 1 aliphatic heterocycles. The molecule has 7 heteroatoms. The van der Waals surface area contributed by atoms with Gasteiger partial charge in [-0.05, 0) is 13.0 Å². The summed E-state index contributed by atoms with van der Waals surface area (Å²) in [4.78, 5) is 27.8. The van der Waals surface area contributed by atoms with Gasteiger partial charge in [-0.25, -0.2) is 0 Å². The topological polar surface area (TPSA) is 86.9 Å². The summed E-state index contributed by atoms with van der Waals surface area (Å²) in [6, 6.07) is 1.55. The molecule has 0 unspecified atom stereocenters. The Balaban J connectivity index is 1.92. The number of hydrogen-bond acceptors (Lipinski definition) is 5. The molecule has 1 aromatic rings. The molecule has 2 heterocycles. The Bertz CT molecular complexity index is 493. The first-order valence-electron chi connectivity index (χ1n) is 6.55. The van der Waals surface area contributed by atoms with E-state index in [0.717, 1.165) is 13.1 Å². The molecular formula is C13H19N3O3S. The molecule has 2 amide bonds. The van der Waals surface area contributed by atoms with E-state index in [9.17, 15) is 14.7 Å². The molecule has 1 atom stereocenters. The fourth-order valence-corrected chi connectivity index (χ4v) is 3.10. The molecule has 1 saturated heterocycles. The molecule has 0 spiro atoms. The van der Waals surface area contributed by atoms with E-state index < -0.39 is 5.91 Å². The van der Waals surface area contributed by atoms with E-state index >= 15 is 0 Å². The summed E-state index contributed by atoms with van der Waals surface area (Å²) in [7, 11) is 0. The van der Waals surface area contributed by atoms with Gasteiger partial charge in [-0.15, -0.1) is 11.3 Å². The third-order valence-electron chi connectivity index (χ3n) is 3.28. The van der Waals surface area contributed by atoms with Gasteiger partial charge in [0.05, 0.1) is 16.5 Å². The van der Waals surface area contributed by atoms with Crippen molar-refractivity contribution in [3.05, 3.63) is 21.9 Å². The number of nitrogens with two attached hydrogens (primary N) is 1. The van der Waals surface area contributed by atoms with Gasteiger partial charge in [0.15, 0.2) is 0 Å². The number of nitrogens with zero attached hydrogens (tertiary/aromatic N) is 2. The summed E-state index contributed by atoms with van der Waals surface area (Å²) in [5.41, 5.74) is 5.56. The maximum Gasteiger partial charge on any atom is 0.264 e. The Hall–Kier alpha value is -1.44. The third-order valence-corrected chi connectivity index (χ3v) is 4.19. The molecule has 0 aliphatic carbocycles. The smallest absolute Gasteiger partial charge is 0.264 e. The minimum atomic E-state index is -0.512. The molecule has 6 nitrogen and oxygen atoms in total. The van der Waals surface area contributed by atoms with E-state index in [4.69, 9.17) is 5.73 Å². The van der Waals surface area contributed by atoms with Gasteiger partial charge >= 0.3 is 0 Å². The molecule has 20 heavy (non-hydrogen) atoms. The van der Waals surface area contributed by atoms with Crippen molar-refractivity contribution in [3.8, 4) is 0 Å². The predicted octanol–water partition coefficient (Wildman–Crippen LogP) is -0.0144. The van der Waals surface area contributed by atoms with Crippen molar-refractivity contribution < 1.29 is 14.7 Å². The van der Waals surface area contributed by atoms with E-state index in [-0.39, 0.29) is 12.0 Å². The SMILES string of the molecule is C[C@H](O)CN1CCN(C(=O)c2cc(C(N)=O)cs2)CC1. The molecule has 1 aliphatic rings. The van der Waals surface area contributed by atoms with Crippen LogP contribution in [0.25, 0.3) is 0 Å². The molecule has 1 aromatic heterocycles. The fraction of sp³-hybridized carbons (Fsp3) is 0.538. The van der Waals surface area contributed by atoms with E-state index in [1.165, 1.54) is 11.3 Å². The van der Waals surface area contributed by atoms with Crippen molar-refractivity contribution in [1.29, 1.82) is 0 Å². The lowest BCUT2D eigenvalue weighted by Gasteiger charge is -2.35. The van der Waals surface area contributed by atoms with Crippen molar-refractivity contribution in [1.82, 2.24) is 9.80 Å². The maximum absolute atomic E-state index is 12.3. The van der Waals surface area contributed by atoms with Crippen LogP contribution in [0.2, 0.25) is 0 Å². The summed E-state index contributed by atoms with van der Waals surface area (Å²) in [5, 5.41) is 11.0. The molecule has 0 radical (unpaired) electrons. The third kappa shape index (κ3) is 3.56. The summed E-state index contributed by atoms with van der Waals surface area (Å²) < 4.78 is 0. The average Bonchev–Trinajstić information content (AvgIpc) is 2.88. The number of rotatable bonds is 4. The van der Waals surface area contributed by atoms with Crippen LogP contribution in [-0.2, 0) is 0 Å². The molecule has 1 fully saturated rings. The molecule has 0 bridgehead atoms. The van der Waals surface area contributed by atoms with Crippen LogP contribution in [0.4, 0.5) is 0 Å². The number of primary amides is 1. The van der Waals surface area contributed by atoms with Gasteiger partial charge < -0.3 is 15.7 Å². The van der Waals surface area contributed by atoms with Crippen molar-refractivity contribution in [2.24, 2.45) is 5.73 Å². The minimum Gasteiger partial charge on any atom is -0.392 e. The first kappa shape index (κ1) is 15.0. The summed E-state index contributed by atoms with van der Waals surface area (Å²) in [6.07, 6.45) is -0.354. The highest BCUT2D eigenvalue weighted by Crippen LogP contribution is 2.17. The van der Waals surface area contributed by atoms with Gasteiger partial charge in [0.1, 0.15) is 0 Å². The lowest BCUT2D eigenvalue weighted by molar-refractivity contribution is 0.0558. The predicted molar refractivity (Wildman–Crippen MR) is 76.9 cm³/mol. The van der Waals surface area contributed by atoms with Gasteiger partial charge in [0, 0.05) is 38.1 Å². The van der Waals surface area contributed by atoms with Crippen LogP contribution in [0.5, 0.6) is 0 Å². The number of aliphatic hydroxyl groups excluding tert-OH is 1. The van der Waals surface area contributed by atoms with Crippen LogP contribution in [-0.4, -0.2) is 65.5 Å². The summed E-state index contributed by atoms with van der Waals surface area (Å²) in [6.45, 7) is 5.17. The first-order valence-corrected chi connectivity index (χ1v) is 7.43. The molecule has 3 N–H and O–H groups in total. The lowest BCUT2D eigenvalue weighted by atomic mass is 10.2. The second-order valence-electron chi connectivity index (χ2n) is 5.01. The maximum atomic E-state index is 12.3. The van der Waals surface area contributed by atoms with E-state index in [0.29, 0.717) is 30.1 Å². The largest absolute Gasteiger partial charge is 0.392 e. The Morgan fingerprint density at radius 1 is 1.40 bits per heavy atom. The molecular weight excluding hydrogens is 278 g/mol.